The van der Waals surface area contributed by atoms with E-state index in [2.05, 4.69) is 30.3 Å². The summed E-state index contributed by atoms with van der Waals surface area (Å²) in [6, 6.07) is 0.427. The second kappa shape index (κ2) is 5.27. The largest absolute Gasteiger partial charge is 0.374 e. The van der Waals surface area contributed by atoms with Crippen molar-refractivity contribution in [2.45, 2.75) is 63.7 Å². The van der Waals surface area contributed by atoms with Crippen LogP contribution in [0.1, 0.15) is 61.4 Å². The van der Waals surface area contributed by atoms with Gasteiger partial charge in [0.1, 0.15) is 0 Å². The molecule has 100 valence electrons. The third-order valence-corrected chi connectivity index (χ3v) is 5.40. The van der Waals surface area contributed by atoms with Crippen molar-refractivity contribution >= 4 is 11.3 Å². The topological polar surface area (TPSA) is 34.2 Å². The average molecular weight is 266 g/mol. The molecule has 4 unspecified atom stereocenters. The molecule has 18 heavy (non-hydrogen) atoms. The predicted octanol–water partition coefficient (Wildman–Crippen LogP) is 3.24. The van der Waals surface area contributed by atoms with Gasteiger partial charge in [0.15, 0.2) is 0 Å². The van der Waals surface area contributed by atoms with Crippen molar-refractivity contribution in [1.29, 1.82) is 0 Å². The Morgan fingerprint density at radius 1 is 1.56 bits per heavy atom. The van der Waals surface area contributed by atoms with E-state index in [4.69, 9.17) is 4.74 Å². The molecule has 0 spiro atoms. The van der Waals surface area contributed by atoms with Crippen LogP contribution in [0.15, 0.2) is 6.20 Å². The van der Waals surface area contributed by atoms with Crippen LogP contribution in [0.4, 0.5) is 0 Å². The normalized spacial score (nSPS) is 32.0. The van der Waals surface area contributed by atoms with Crippen LogP contribution in [0.5, 0.6) is 0 Å². The maximum Gasteiger partial charge on any atom is 0.0986 e. The quantitative estimate of drug-likeness (QED) is 0.888. The van der Waals surface area contributed by atoms with Gasteiger partial charge in [-0.2, -0.15) is 0 Å². The van der Waals surface area contributed by atoms with Gasteiger partial charge in [0.05, 0.1) is 17.2 Å². The summed E-state index contributed by atoms with van der Waals surface area (Å²) in [6.07, 6.45) is 7.88. The lowest BCUT2D eigenvalue weighted by Crippen LogP contribution is -2.18. The summed E-state index contributed by atoms with van der Waals surface area (Å²) in [7, 11) is 0. The van der Waals surface area contributed by atoms with E-state index in [-0.39, 0.29) is 0 Å². The highest BCUT2D eigenvalue weighted by Crippen LogP contribution is 2.45. The summed E-state index contributed by atoms with van der Waals surface area (Å²) >= 11 is 1.87. The molecule has 4 atom stereocenters. The second-order valence-corrected chi connectivity index (χ2v) is 6.59. The van der Waals surface area contributed by atoms with Crippen molar-refractivity contribution in [3.05, 3.63) is 16.1 Å². The zero-order valence-electron chi connectivity index (χ0n) is 11.2. The molecular weight excluding hydrogens is 244 g/mol. The van der Waals surface area contributed by atoms with Gasteiger partial charge in [0.2, 0.25) is 0 Å². The van der Waals surface area contributed by atoms with Crippen LogP contribution in [-0.2, 0) is 4.74 Å². The van der Waals surface area contributed by atoms with Gasteiger partial charge in [-0.3, -0.25) is 0 Å². The SMILES string of the molecule is CCCNC(C)c1cnc(C2CC3CCC2O3)s1. The molecule has 3 nitrogen and oxygen atoms in total. The van der Waals surface area contributed by atoms with Gasteiger partial charge in [0.25, 0.3) is 0 Å². The Morgan fingerprint density at radius 3 is 3.11 bits per heavy atom. The number of thiazole rings is 1. The fourth-order valence-corrected chi connectivity index (χ4v) is 4.14. The Hall–Kier alpha value is -0.450. The van der Waals surface area contributed by atoms with Crippen LogP contribution in [0.2, 0.25) is 0 Å². The number of hydrogen-bond acceptors (Lipinski definition) is 4. The van der Waals surface area contributed by atoms with Gasteiger partial charge < -0.3 is 10.1 Å². The number of fused-ring (bicyclic) bond motifs is 2. The molecule has 2 fully saturated rings. The van der Waals surface area contributed by atoms with Crippen LogP contribution in [0.3, 0.4) is 0 Å². The fourth-order valence-electron chi connectivity index (χ4n) is 3.03. The summed E-state index contributed by atoms with van der Waals surface area (Å²) in [4.78, 5) is 6.01. The summed E-state index contributed by atoms with van der Waals surface area (Å²) < 4.78 is 5.92. The first-order valence-corrected chi connectivity index (χ1v) is 7.94. The Bertz CT molecular complexity index is 406. The summed E-state index contributed by atoms with van der Waals surface area (Å²) in [6.45, 7) is 5.50. The average Bonchev–Trinajstić information content (AvgIpc) is 3.09. The predicted molar refractivity (Wildman–Crippen MR) is 74.1 cm³/mol. The van der Waals surface area contributed by atoms with Crippen LogP contribution in [0, 0.1) is 0 Å². The minimum Gasteiger partial charge on any atom is -0.374 e. The van der Waals surface area contributed by atoms with Crippen molar-refractivity contribution in [3.8, 4) is 0 Å². The molecule has 0 aromatic carbocycles. The minimum absolute atomic E-state index is 0.427. The van der Waals surface area contributed by atoms with Crippen LogP contribution < -0.4 is 5.32 Å². The first-order valence-electron chi connectivity index (χ1n) is 7.12. The summed E-state index contributed by atoms with van der Waals surface area (Å²) in [5.74, 6) is 0.570. The molecule has 3 rings (SSSR count). The molecule has 1 N–H and O–H groups in total. The molecule has 0 saturated carbocycles. The molecule has 0 amide bonds. The number of nitrogens with zero attached hydrogens (tertiary/aromatic N) is 1. The highest BCUT2D eigenvalue weighted by molar-refractivity contribution is 7.11. The maximum atomic E-state index is 5.92. The van der Waals surface area contributed by atoms with Crippen molar-refractivity contribution in [3.63, 3.8) is 0 Å². The molecule has 2 aliphatic heterocycles. The molecule has 1 aromatic rings. The standard InChI is InChI=1S/C14H22N2OS/c1-3-6-15-9(2)13-8-16-14(18-13)11-7-10-4-5-12(11)17-10/h8-12,15H,3-7H2,1-2H3. The number of aromatic nitrogens is 1. The lowest BCUT2D eigenvalue weighted by molar-refractivity contribution is 0.101. The third-order valence-electron chi connectivity index (χ3n) is 4.09. The van der Waals surface area contributed by atoms with E-state index in [1.165, 1.54) is 35.6 Å². The molecule has 2 bridgehead atoms. The van der Waals surface area contributed by atoms with Gasteiger partial charge in [0, 0.05) is 23.0 Å². The van der Waals surface area contributed by atoms with Gasteiger partial charge in [-0.25, -0.2) is 4.98 Å². The second-order valence-electron chi connectivity index (χ2n) is 5.49. The molecule has 0 aliphatic carbocycles. The Labute approximate surface area is 113 Å². The Kier molecular flexibility index (Phi) is 3.68. The molecule has 2 aliphatic rings. The van der Waals surface area contributed by atoms with Crippen molar-refractivity contribution in [2.75, 3.05) is 6.54 Å². The number of rotatable bonds is 5. The summed E-state index contributed by atoms with van der Waals surface area (Å²) in [5, 5.41) is 4.82. The zero-order chi connectivity index (χ0) is 12.5. The van der Waals surface area contributed by atoms with E-state index in [9.17, 15) is 0 Å². The Balaban J connectivity index is 1.66. The minimum atomic E-state index is 0.427. The smallest absolute Gasteiger partial charge is 0.0986 e. The highest BCUT2D eigenvalue weighted by Gasteiger charge is 2.42. The van der Waals surface area contributed by atoms with Crippen molar-refractivity contribution in [1.82, 2.24) is 10.3 Å². The molecule has 3 heterocycles. The van der Waals surface area contributed by atoms with E-state index < -0.39 is 0 Å². The summed E-state index contributed by atoms with van der Waals surface area (Å²) in [5.41, 5.74) is 0. The molecule has 0 radical (unpaired) electrons. The first-order chi connectivity index (χ1) is 8.78. The molecule has 1 aromatic heterocycles. The number of hydrogen-bond donors (Lipinski definition) is 1. The van der Waals surface area contributed by atoms with Crippen molar-refractivity contribution in [2.24, 2.45) is 0 Å². The van der Waals surface area contributed by atoms with Gasteiger partial charge in [-0.15, -0.1) is 11.3 Å². The monoisotopic (exact) mass is 266 g/mol. The van der Waals surface area contributed by atoms with Gasteiger partial charge >= 0.3 is 0 Å². The molecular formula is C14H22N2OS. The fraction of sp³-hybridized carbons (Fsp3) is 0.786. The number of nitrogens with one attached hydrogen (secondary N) is 1. The van der Waals surface area contributed by atoms with Crippen LogP contribution in [0.25, 0.3) is 0 Å². The lowest BCUT2D eigenvalue weighted by atomic mass is 9.90. The number of ether oxygens (including phenoxy) is 1. The van der Waals surface area contributed by atoms with Gasteiger partial charge in [-0.05, 0) is 39.2 Å². The maximum absolute atomic E-state index is 5.92. The van der Waals surface area contributed by atoms with E-state index >= 15 is 0 Å². The molecule has 2 saturated heterocycles. The van der Waals surface area contributed by atoms with E-state index in [1.54, 1.807) is 0 Å². The highest BCUT2D eigenvalue weighted by atomic mass is 32.1. The van der Waals surface area contributed by atoms with Crippen molar-refractivity contribution < 1.29 is 4.74 Å². The van der Waals surface area contributed by atoms with Gasteiger partial charge in [-0.1, -0.05) is 6.92 Å². The zero-order valence-corrected chi connectivity index (χ0v) is 12.0. The van der Waals surface area contributed by atoms with Crippen LogP contribution in [-0.4, -0.2) is 23.7 Å². The lowest BCUT2D eigenvalue weighted by Gasteiger charge is -2.15. The third kappa shape index (κ3) is 2.33. The van der Waals surface area contributed by atoms with Crippen LogP contribution >= 0.6 is 11.3 Å². The first kappa shape index (κ1) is 12.6. The Morgan fingerprint density at radius 2 is 2.44 bits per heavy atom. The van der Waals surface area contributed by atoms with E-state index in [0.717, 1.165) is 6.54 Å². The van der Waals surface area contributed by atoms with E-state index in [1.807, 2.05) is 11.3 Å². The molecule has 4 heteroatoms. The van der Waals surface area contributed by atoms with E-state index in [0.29, 0.717) is 24.2 Å².